The molecule has 1 aliphatic rings. The maximum atomic E-state index is 12.7. The highest BCUT2D eigenvalue weighted by Crippen LogP contribution is 2.22. The van der Waals surface area contributed by atoms with Crippen molar-refractivity contribution in [2.45, 2.75) is 24.2 Å². The van der Waals surface area contributed by atoms with E-state index in [0.29, 0.717) is 23.7 Å². The third-order valence-corrected chi connectivity index (χ3v) is 6.87. The Hall–Kier alpha value is -2.23. The van der Waals surface area contributed by atoms with E-state index in [0.717, 1.165) is 19.3 Å². The number of amides is 1. The van der Waals surface area contributed by atoms with Gasteiger partial charge in [0.05, 0.1) is 4.90 Å². The molecule has 2 heterocycles. The monoisotopic (exact) mass is 408 g/mol. The van der Waals surface area contributed by atoms with Crippen LogP contribution in [0.2, 0.25) is 0 Å². The number of ether oxygens (including phenoxy) is 1. The molecule has 0 spiro atoms. The highest BCUT2D eigenvalue weighted by Gasteiger charge is 2.26. The number of hydrogen-bond donors (Lipinski definition) is 1. The molecule has 1 aliphatic heterocycles. The minimum atomic E-state index is -3.58. The predicted octanol–water partition coefficient (Wildman–Crippen LogP) is 2.72. The smallest absolute Gasteiger partial charge is 0.348 e. The summed E-state index contributed by atoms with van der Waals surface area (Å²) in [6.45, 7) is 0.578. The van der Waals surface area contributed by atoms with Gasteiger partial charge in [-0.1, -0.05) is 18.6 Å². The number of esters is 1. The summed E-state index contributed by atoms with van der Waals surface area (Å²) in [5, 5.41) is 4.30. The Kier molecular flexibility index (Phi) is 6.25. The first kappa shape index (κ1) is 19.5. The van der Waals surface area contributed by atoms with Crippen LogP contribution in [0.3, 0.4) is 0 Å². The van der Waals surface area contributed by atoms with Crippen LogP contribution < -0.4 is 5.32 Å². The van der Waals surface area contributed by atoms with Crippen molar-refractivity contribution in [2.24, 2.45) is 0 Å². The summed E-state index contributed by atoms with van der Waals surface area (Å²) in [6, 6.07) is 9.42. The van der Waals surface area contributed by atoms with Gasteiger partial charge in [0, 0.05) is 18.8 Å². The van der Waals surface area contributed by atoms with Crippen LogP contribution in [0, 0.1) is 0 Å². The zero-order valence-electron chi connectivity index (χ0n) is 14.6. The summed E-state index contributed by atoms with van der Waals surface area (Å²) in [4.78, 5) is 24.3. The van der Waals surface area contributed by atoms with Crippen LogP contribution in [0.25, 0.3) is 0 Å². The second kappa shape index (κ2) is 8.64. The first-order valence-corrected chi connectivity index (χ1v) is 10.9. The maximum absolute atomic E-state index is 12.7. The number of nitrogens with zero attached hydrogens (tertiary/aromatic N) is 1. The van der Waals surface area contributed by atoms with E-state index in [2.05, 4.69) is 5.32 Å². The van der Waals surface area contributed by atoms with Gasteiger partial charge in [0.25, 0.3) is 5.91 Å². The van der Waals surface area contributed by atoms with Crippen LogP contribution in [0.15, 0.2) is 46.7 Å². The molecular weight excluding hydrogens is 388 g/mol. The van der Waals surface area contributed by atoms with E-state index in [1.807, 2.05) is 0 Å². The van der Waals surface area contributed by atoms with Gasteiger partial charge in [-0.3, -0.25) is 4.79 Å². The third-order valence-electron chi connectivity index (χ3n) is 4.13. The summed E-state index contributed by atoms with van der Waals surface area (Å²) in [7, 11) is -3.58. The molecule has 2 aromatic rings. The molecule has 0 radical (unpaired) electrons. The van der Waals surface area contributed by atoms with E-state index in [1.165, 1.54) is 27.8 Å². The number of carbonyl (C=O) groups is 2. The lowest BCUT2D eigenvalue weighted by Gasteiger charge is -2.26. The van der Waals surface area contributed by atoms with Crippen molar-refractivity contribution in [2.75, 3.05) is 25.0 Å². The number of thiophene rings is 1. The lowest BCUT2D eigenvalue weighted by atomic mass is 10.2. The Morgan fingerprint density at radius 3 is 2.59 bits per heavy atom. The van der Waals surface area contributed by atoms with Gasteiger partial charge in [-0.25, -0.2) is 13.2 Å². The van der Waals surface area contributed by atoms with Gasteiger partial charge in [0.2, 0.25) is 10.0 Å². The van der Waals surface area contributed by atoms with Gasteiger partial charge in [-0.15, -0.1) is 11.3 Å². The average molecular weight is 409 g/mol. The molecule has 1 aromatic heterocycles. The maximum Gasteiger partial charge on any atom is 0.348 e. The summed E-state index contributed by atoms with van der Waals surface area (Å²) < 4.78 is 31.9. The SMILES string of the molecule is O=C(COC(=O)c1cccs1)Nc1cccc(S(=O)(=O)N2CCCCC2)c1. The molecule has 1 amide bonds. The van der Waals surface area contributed by atoms with E-state index in [1.54, 1.807) is 29.6 Å². The van der Waals surface area contributed by atoms with Crippen LogP contribution in [-0.2, 0) is 19.6 Å². The number of nitrogens with one attached hydrogen (secondary N) is 1. The quantitative estimate of drug-likeness (QED) is 0.742. The summed E-state index contributed by atoms with van der Waals surface area (Å²) in [5.74, 6) is -1.10. The van der Waals surface area contributed by atoms with Crippen molar-refractivity contribution in [1.29, 1.82) is 0 Å². The third kappa shape index (κ3) is 4.94. The summed E-state index contributed by atoms with van der Waals surface area (Å²) in [5.41, 5.74) is 0.338. The minimum Gasteiger partial charge on any atom is -0.451 e. The number of benzene rings is 1. The summed E-state index contributed by atoms with van der Waals surface area (Å²) >= 11 is 1.23. The molecule has 0 aliphatic carbocycles. The molecule has 0 saturated carbocycles. The molecule has 0 unspecified atom stereocenters. The van der Waals surface area contributed by atoms with Crippen molar-refractivity contribution in [1.82, 2.24) is 4.31 Å². The van der Waals surface area contributed by atoms with Crippen LogP contribution in [0.5, 0.6) is 0 Å². The average Bonchev–Trinajstić information content (AvgIpc) is 3.22. The molecule has 0 bridgehead atoms. The Balaban J connectivity index is 1.61. The first-order chi connectivity index (χ1) is 13.0. The van der Waals surface area contributed by atoms with Crippen molar-refractivity contribution in [3.63, 3.8) is 0 Å². The fourth-order valence-electron chi connectivity index (χ4n) is 2.78. The Morgan fingerprint density at radius 2 is 1.89 bits per heavy atom. The van der Waals surface area contributed by atoms with E-state index >= 15 is 0 Å². The van der Waals surface area contributed by atoms with Crippen LogP contribution in [-0.4, -0.2) is 44.3 Å². The zero-order chi connectivity index (χ0) is 19.3. The Bertz CT molecular complexity index is 904. The number of rotatable bonds is 6. The van der Waals surface area contributed by atoms with Gasteiger partial charge in [-0.2, -0.15) is 4.31 Å². The van der Waals surface area contributed by atoms with Gasteiger partial charge < -0.3 is 10.1 Å². The Morgan fingerprint density at radius 1 is 1.11 bits per heavy atom. The molecule has 1 aromatic carbocycles. The molecule has 144 valence electrons. The predicted molar refractivity (Wildman–Crippen MR) is 102 cm³/mol. The van der Waals surface area contributed by atoms with Crippen LogP contribution in [0.1, 0.15) is 28.9 Å². The topological polar surface area (TPSA) is 92.8 Å². The standard InChI is InChI=1S/C18H20N2O5S2/c21-17(13-25-18(22)16-8-5-11-26-16)19-14-6-4-7-15(12-14)27(23,24)20-9-2-1-3-10-20/h4-8,11-12H,1-3,9-10,13H2,(H,19,21). The molecule has 1 N–H and O–H groups in total. The van der Waals surface area contributed by atoms with E-state index in [9.17, 15) is 18.0 Å². The van der Waals surface area contributed by atoms with E-state index in [-0.39, 0.29) is 4.90 Å². The fourth-order valence-corrected chi connectivity index (χ4v) is 4.96. The highest BCUT2D eigenvalue weighted by molar-refractivity contribution is 7.89. The molecule has 1 saturated heterocycles. The van der Waals surface area contributed by atoms with Gasteiger partial charge >= 0.3 is 5.97 Å². The van der Waals surface area contributed by atoms with Crippen molar-refractivity contribution in [3.05, 3.63) is 46.7 Å². The fraction of sp³-hybridized carbons (Fsp3) is 0.333. The van der Waals surface area contributed by atoms with Crippen molar-refractivity contribution < 1.29 is 22.7 Å². The van der Waals surface area contributed by atoms with Crippen LogP contribution in [0.4, 0.5) is 5.69 Å². The summed E-state index contributed by atoms with van der Waals surface area (Å²) in [6.07, 6.45) is 2.74. The second-order valence-corrected chi connectivity index (χ2v) is 8.98. The first-order valence-electron chi connectivity index (χ1n) is 8.57. The van der Waals surface area contributed by atoms with Gasteiger partial charge in [-0.05, 0) is 42.5 Å². The molecule has 1 fully saturated rings. The van der Waals surface area contributed by atoms with Gasteiger partial charge in [0.1, 0.15) is 4.88 Å². The van der Waals surface area contributed by atoms with Crippen molar-refractivity contribution in [3.8, 4) is 0 Å². The number of hydrogen-bond acceptors (Lipinski definition) is 6. The molecule has 0 atom stereocenters. The number of sulfonamides is 1. The molecule has 3 rings (SSSR count). The number of carbonyl (C=O) groups excluding carboxylic acids is 2. The highest BCUT2D eigenvalue weighted by atomic mass is 32.2. The minimum absolute atomic E-state index is 0.137. The largest absolute Gasteiger partial charge is 0.451 e. The molecule has 27 heavy (non-hydrogen) atoms. The lowest BCUT2D eigenvalue weighted by molar-refractivity contribution is -0.119. The van der Waals surface area contributed by atoms with Gasteiger partial charge in [0.15, 0.2) is 6.61 Å². The second-order valence-electron chi connectivity index (χ2n) is 6.09. The molecule has 9 heteroatoms. The van der Waals surface area contributed by atoms with E-state index in [4.69, 9.17) is 4.74 Å². The lowest BCUT2D eigenvalue weighted by Crippen LogP contribution is -2.35. The normalized spacial score (nSPS) is 15.3. The van der Waals surface area contributed by atoms with E-state index < -0.39 is 28.5 Å². The Labute approximate surface area is 162 Å². The number of piperidine rings is 1. The molecule has 7 nitrogen and oxygen atoms in total. The van der Waals surface area contributed by atoms with Crippen molar-refractivity contribution >= 4 is 38.9 Å². The molecular formula is C18H20N2O5S2. The zero-order valence-corrected chi connectivity index (χ0v) is 16.2. The number of anilines is 1. The van der Waals surface area contributed by atoms with Crippen LogP contribution >= 0.6 is 11.3 Å².